The molecule has 0 aliphatic rings. The zero-order chi connectivity index (χ0) is 17.6. The van der Waals surface area contributed by atoms with E-state index in [1.807, 2.05) is 13.8 Å². The van der Waals surface area contributed by atoms with E-state index < -0.39 is 0 Å². The van der Waals surface area contributed by atoms with Crippen LogP contribution in [-0.2, 0) is 11.2 Å². The number of rotatable bonds is 9. The number of ketones is 2. The average molecular weight is 317 g/mol. The Bertz CT molecular complexity index is 605. The topological polar surface area (TPSA) is 69.4 Å². The number of Topliss-reactive ketones (excluding diaryl/α,β-unsaturated/α-hetero) is 2. The van der Waals surface area contributed by atoms with Gasteiger partial charge in [-0.25, -0.2) is 0 Å². The number of carbonyl (C=O) groups is 2. The molecule has 0 aliphatic carbocycles. The third-order valence-corrected chi connectivity index (χ3v) is 4.03. The largest absolute Gasteiger partial charge is 0.496 e. The Labute approximate surface area is 138 Å². The van der Waals surface area contributed by atoms with Crippen molar-refractivity contribution < 1.29 is 14.3 Å². The van der Waals surface area contributed by atoms with Crippen LogP contribution in [0.2, 0.25) is 0 Å². The smallest absolute Gasteiger partial charge is 0.164 e. The molecule has 0 bridgehead atoms. The van der Waals surface area contributed by atoms with Crippen LogP contribution in [-0.4, -0.2) is 18.7 Å². The second-order valence-electron chi connectivity index (χ2n) is 6.03. The molecule has 0 saturated carbocycles. The first-order valence-electron chi connectivity index (χ1n) is 7.94. The normalized spacial score (nSPS) is 11.8. The first kappa shape index (κ1) is 18.9. The first-order valence-corrected chi connectivity index (χ1v) is 7.94. The van der Waals surface area contributed by atoms with Crippen LogP contribution in [0, 0.1) is 5.92 Å². The minimum atomic E-state index is -0.281. The molecule has 4 heteroatoms. The van der Waals surface area contributed by atoms with Crippen LogP contribution in [0.1, 0.15) is 56.0 Å². The number of nitrogen functional groups attached to an aromatic ring is 1. The van der Waals surface area contributed by atoms with E-state index in [9.17, 15) is 9.59 Å². The molecular weight excluding hydrogens is 290 g/mol. The fourth-order valence-corrected chi connectivity index (χ4v) is 2.67. The molecule has 126 valence electrons. The monoisotopic (exact) mass is 317 g/mol. The molecule has 1 aromatic rings. The molecule has 0 spiro atoms. The van der Waals surface area contributed by atoms with Crippen molar-refractivity contribution in [3.8, 4) is 5.75 Å². The lowest BCUT2D eigenvalue weighted by atomic mass is 9.88. The Hall–Kier alpha value is -2.10. The standard InChI is InChI=1S/C19H27NO3/c1-6-16-17(10-15(20)11-19(16)23-5)18(22)9-14(13(4)21)8-7-12(2)3/h10-11,14H,2,6-9,20H2,1,3-5H3. The zero-order valence-electron chi connectivity index (χ0n) is 14.6. The fraction of sp³-hybridized carbons (Fsp3) is 0.474. The third kappa shape index (κ3) is 5.23. The molecule has 1 aromatic carbocycles. The number of hydrogen-bond acceptors (Lipinski definition) is 4. The van der Waals surface area contributed by atoms with Crippen LogP contribution in [0.25, 0.3) is 0 Å². The molecule has 0 amide bonds. The lowest BCUT2D eigenvalue weighted by molar-refractivity contribution is -0.120. The summed E-state index contributed by atoms with van der Waals surface area (Å²) in [7, 11) is 1.56. The lowest BCUT2D eigenvalue weighted by Crippen LogP contribution is -2.17. The van der Waals surface area contributed by atoms with Crippen molar-refractivity contribution in [2.24, 2.45) is 5.92 Å². The molecular formula is C19H27NO3. The minimum Gasteiger partial charge on any atom is -0.496 e. The summed E-state index contributed by atoms with van der Waals surface area (Å²) in [5, 5.41) is 0. The van der Waals surface area contributed by atoms with Crippen LogP contribution >= 0.6 is 0 Å². The van der Waals surface area contributed by atoms with Gasteiger partial charge in [0.25, 0.3) is 0 Å². The van der Waals surface area contributed by atoms with Crippen molar-refractivity contribution in [3.05, 3.63) is 35.4 Å². The highest BCUT2D eigenvalue weighted by molar-refractivity contribution is 6.01. The Morgan fingerprint density at radius 2 is 1.96 bits per heavy atom. The van der Waals surface area contributed by atoms with Gasteiger partial charge in [-0.15, -0.1) is 6.58 Å². The van der Waals surface area contributed by atoms with Crippen LogP contribution in [0.5, 0.6) is 5.75 Å². The van der Waals surface area contributed by atoms with E-state index in [4.69, 9.17) is 10.5 Å². The van der Waals surface area contributed by atoms with Gasteiger partial charge in [0, 0.05) is 35.2 Å². The maximum Gasteiger partial charge on any atom is 0.164 e. The first-order chi connectivity index (χ1) is 10.8. The maximum absolute atomic E-state index is 12.7. The molecule has 23 heavy (non-hydrogen) atoms. The maximum atomic E-state index is 12.7. The summed E-state index contributed by atoms with van der Waals surface area (Å²) in [6.45, 7) is 9.29. The van der Waals surface area contributed by atoms with Gasteiger partial charge < -0.3 is 10.5 Å². The number of anilines is 1. The highest BCUT2D eigenvalue weighted by Gasteiger charge is 2.22. The van der Waals surface area contributed by atoms with Crippen molar-refractivity contribution in [1.29, 1.82) is 0 Å². The molecule has 0 heterocycles. The summed E-state index contributed by atoms with van der Waals surface area (Å²) in [6, 6.07) is 3.40. The number of methoxy groups -OCH3 is 1. The van der Waals surface area contributed by atoms with E-state index in [-0.39, 0.29) is 23.9 Å². The number of ether oxygens (including phenoxy) is 1. The highest BCUT2D eigenvalue weighted by atomic mass is 16.5. The molecule has 0 aromatic heterocycles. The van der Waals surface area contributed by atoms with Crippen LogP contribution in [0.4, 0.5) is 5.69 Å². The second kappa shape index (κ2) is 8.51. The Morgan fingerprint density at radius 3 is 2.43 bits per heavy atom. The third-order valence-electron chi connectivity index (χ3n) is 4.03. The van der Waals surface area contributed by atoms with Crippen molar-refractivity contribution >= 4 is 17.3 Å². The van der Waals surface area contributed by atoms with Crippen molar-refractivity contribution in [2.45, 2.75) is 46.5 Å². The Balaban J connectivity index is 3.05. The summed E-state index contributed by atoms with van der Waals surface area (Å²) in [5.41, 5.74) is 8.78. The number of benzene rings is 1. The molecule has 1 rings (SSSR count). The van der Waals surface area contributed by atoms with Gasteiger partial charge >= 0.3 is 0 Å². The minimum absolute atomic E-state index is 0.0357. The Morgan fingerprint density at radius 1 is 1.30 bits per heavy atom. The summed E-state index contributed by atoms with van der Waals surface area (Å²) in [6.07, 6.45) is 2.26. The van der Waals surface area contributed by atoms with Gasteiger partial charge in [0.05, 0.1) is 7.11 Å². The van der Waals surface area contributed by atoms with E-state index in [0.717, 1.165) is 17.6 Å². The quantitative estimate of drug-likeness (QED) is 0.425. The molecule has 0 fully saturated rings. The van der Waals surface area contributed by atoms with Crippen molar-refractivity contribution in [1.82, 2.24) is 0 Å². The number of nitrogens with two attached hydrogens (primary N) is 1. The zero-order valence-corrected chi connectivity index (χ0v) is 14.6. The fourth-order valence-electron chi connectivity index (χ4n) is 2.67. The van der Waals surface area contributed by atoms with Crippen LogP contribution in [0.15, 0.2) is 24.3 Å². The molecule has 4 nitrogen and oxygen atoms in total. The molecule has 0 aliphatic heterocycles. The summed E-state index contributed by atoms with van der Waals surface area (Å²) < 4.78 is 5.33. The predicted octanol–water partition coefficient (Wildman–Crippen LogP) is 3.97. The van der Waals surface area contributed by atoms with Gasteiger partial charge in [-0.3, -0.25) is 9.59 Å². The molecule has 0 saturated heterocycles. The van der Waals surface area contributed by atoms with Gasteiger partial charge in [0.1, 0.15) is 11.5 Å². The van der Waals surface area contributed by atoms with Gasteiger partial charge in [0.2, 0.25) is 0 Å². The Kier molecular flexibility index (Phi) is 7.01. The van der Waals surface area contributed by atoms with Gasteiger partial charge in [-0.05, 0) is 39.2 Å². The molecule has 1 unspecified atom stereocenters. The summed E-state index contributed by atoms with van der Waals surface area (Å²) in [5.74, 6) is 0.316. The highest BCUT2D eigenvalue weighted by Crippen LogP contribution is 2.29. The van der Waals surface area contributed by atoms with E-state index in [1.54, 1.807) is 19.2 Å². The number of hydrogen-bond donors (Lipinski definition) is 1. The van der Waals surface area contributed by atoms with E-state index in [2.05, 4.69) is 6.58 Å². The predicted molar refractivity (Wildman–Crippen MR) is 94.0 cm³/mol. The van der Waals surface area contributed by atoms with Gasteiger partial charge in [-0.2, -0.15) is 0 Å². The van der Waals surface area contributed by atoms with E-state index >= 15 is 0 Å². The van der Waals surface area contributed by atoms with Crippen molar-refractivity contribution in [2.75, 3.05) is 12.8 Å². The number of allylic oxidation sites excluding steroid dienone is 1. The van der Waals surface area contributed by atoms with Crippen molar-refractivity contribution in [3.63, 3.8) is 0 Å². The second-order valence-corrected chi connectivity index (χ2v) is 6.03. The lowest BCUT2D eigenvalue weighted by Gasteiger charge is -2.16. The van der Waals surface area contributed by atoms with Crippen LogP contribution < -0.4 is 10.5 Å². The summed E-state index contributed by atoms with van der Waals surface area (Å²) in [4.78, 5) is 24.6. The van der Waals surface area contributed by atoms with E-state index in [0.29, 0.717) is 29.8 Å². The van der Waals surface area contributed by atoms with Gasteiger partial charge in [-0.1, -0.05) is 12.5 Å². The molecule has 2 N–H and O–H groups in total. The molecule has 1 atom stereocenters. The SMILES string of the molecule is C=C(C)CCC(CC(=O)c1cc(N)cc(OC)c1CC)C(C)=O. The summed E-state index contributed by atoms with van der Waals surface area (Å²) >= 11 is 0. The van der Waals surface area contributed by atoms with Gasteiger partial charge in [0.15, 0.2) is 5.78 Å². The number of carbonyl (C=O) groups excluding carboxylic acids is 2. The average Bonchev–Trinajstić information content (AvgIpc) is 2.49. The van der Waals surface area contributed by atoms with Crippen LogP contribution in [0.3, 0.4) is 0 Å². The molecule has 0 radical (unpaired) electrons. The van der Waals surface area contributed by atoms with E-state index in [1.165, 1.54) is 6.92 Å².